The van der Waals surface area contributed by atoms with Gasteiger partial charge in [-0.15, -0.1) is 0 Å². The molecule has 0 spiro atoms. The molecule has 1 aliphatic carbocycles. The number of carbonyl (C=O) groups is 3. The Bertz CT molecular complexity index is 1810. The van der Waals surface area contributed by atoms with Gasteiger partial charge in [-0.25, -0.2) is 4.79 Å². The van der Waals surface area contributed by atoms with Crippen LogP contribution in [0.3, 0.4) is 0 Å². The van der Waals surface area contributed by atoms with E-state index < -0.39 is 42.7 Å². The van der Waals surface area contributed by atoms with Crippen LogP contribution in [-0.2, 0) is 32.1 Å². The SMILES string of the molecule is CCOC(=O)C1=C(C=O)/C(=C2\C[C@@H](CO)C(=O)[C@H](c3ccc4[nH]ccc4c3)C2)c2c(OC)c3c(c(CO)c2O1)O[C@H](C(C)(C)O)C3. The van der Waals surface area contributed by atoms with Crippen LogP contribution >= 0.6 is 0 Å². The number of H-pyrrole nitrogens is 1. The number of ether oxygens (including phenoxy) is 4. The van der Waals surface area contributed by atoms with Crippen LogP contribution in [0.4, 0.5) is 0 Å². The molecule has 11 nitrogen and oxygen atoms in total. The number of aldehydes is 1. The highest BCUT2D eigenvalue weighted by Crippen LogP contribution is 2.56. The van der Waals surface area contributed by atoms with Crippen molar-refractivity contribution in [3.05, 3.63) is 69.6 Å². The number of hydrogen-bond acceptors (Lipinski definition) is 10. The topological polar surface area (TPSA) is 165 Å². The third-order valence-electron chi connectivity index (χ3n) is 9.14. The van der Waals surface area contributed by atoms with E-state index in [0.717, 1.165) is 16.5 Å². The first-order chi connectivity index (χ1) is 22.1. The molecule has 46 heavy (non-hydrogen) atoms. The maximum Gasteiger partial charge on any atom is 0.375 e. The van der Waals surface area contributed by atoms with Gasteiger partial charge in [-0.3, -0.25) is 9.59 Å². The van der Waals surface area contributed by atoms with Crippen LogP contribution < -0.4 is 14.2 Å². The van der Waals surface area contributed by atoms with Gasteiger partial charge in [0.15, 0.2) is 6.29 Å². The standard InChI is InChI=1S/C35H37NO10/c1-5-44-34(41)33-23(15-38)27(19-11-20(14-37)29(40)21(12-19)17-6-7-25-18(10-17)8-9-36-25)28-31(43-4)22-13-26(35(2,3)42)45-30(22)24(16-39)32(28)46-33/h6-10,15,20-21,26,36-37,39,42H,5,11-14,16H2,1-4H3/b27-19-/t20-,21-,26-/m0/s1. The first-order valence-electron chi connectivity index (χ1n) is 15.3. The second-order valence-corrected chi connectivity index (χ2v) is 12.4. The van der Waals surface area contributed by atoms with Crippen molar-refractivity contribution in [1.82, 2.24) is 4.98 Å². The summed E-state index contributed by atoms with van der Waals surface area (Å²) in [7, 11) is 1.45. The number of aromatic amines is 1. The second-order valence-electron chi connectivity index (χ2n) is 12.4. The number of fused-ring (bicyclic) bond motifs is 3. The maximum atomic E-state index is 13.8. The summed E-state index contributed by atoms with van der Waals surface area (Å²) >= 11 is 0. The van der Waals surface area contributed by atoms with E-state index in [0.29, 0.717) is 34.3 Å². The number of aromatic nitrogens is 1. The van der Waals surface area contributed by atoms with Crippen molar-refractivity contribution in [1.29, 1.82) is 0 Å². The highest BCUT2D eigenvalue weighted by Gasteiger charge is 2.45. The van der Waals surface area contributed by atoms with E-state index in [9.17, 15) is 29.7 Å². The molecule has 0 radical (unpaired) electrons. The molecule has 11 heteroatoms. The fourth-order valence-electron chi connectivity index (χ4n) is 6.87. The molecule has 2 aliphatic heterocycles. The number of benzene rings is 2. The Labute approximate surface area is 265 Å². The van der Waals surface area contributed by atoms with Crippen LogP contribution in [0.15, 0.2) is 47.4 Å². The van der Waals surface area contributed by atoms with E-state index in [1.807, 2.05) is 30.5 Å². The minimum atomic E-state index is -1.26. The summed E-state index contributed by atoms with van der Waals surface area (Å²) in [6, 6.07) is 7.60. The van der Waals surface area contributed by atoms with Crippen LogP contribution in [0.25, 0.3) is 16.5 Å². The zero-order valence-electron chi connectivity index (χ0n) is 26.1. The average Bonchev–Trinajstić information content (AvgIpc) is 3.70. The molecule has 0 bridgehead atoms. The first kappa shape index (κ1) is 31.5. The molecular weight excluding hydrogens is 594 g/mol. The van der Waals surface area contributed by atoms with Gasteiger partial charge in [0.2, 0.25) is 5.76 Å². The van der Waals surface area contributed by atoms with Gasteiger partial charge in [-0.2, -0.15) is 0 Å². The molecule has 3 aromatic rings. The Morgan fingerprint density at radius 3 is 2.59 bits per heavy atom. The van der Waals surface area contributed by atoms with E-state index in [1.54, 1.807) is 20.8 Å². The number of rotatable bonds is 8. The largest absolute Gasteiger partial charge is 0.496 e. The van der Waals surface area contributed by atoms with E-state index in [-0.39, 0.29) is 60.0 Å². The maximum absolute atomic E-state index is 13.8. The molecule has 1 aromatic heterocycles. The molecule has 3 atom stereocenters. The number of nitrogens with one attached hydrogen (secondary N) is 1. The van der Waals surface area contributed by atoms with Crippen molar-refractivity contribution in [2.45, 2.75) is 64.3 Å². The van der Waals surface area contributed by atoms with Gasteiger partial charge in [0.1, 0.15) is 29.1 Å². The molecule has 3 aliphatic rings. The third kappa shape index (κ3) is 5.08. The van der Waals surface area contributed by atoms with Gasteiger partial charge in [-0.1, -0.05) is 11.6 Å². The van der Waals surface area contributed by atoms with Crippen LogP contribution in [0.5, 0.6) is 17.2 Å². The van der Waals surface area contributed by atoms with Crippen molar-refractivity contribution in [3.63, 3.8) is 0 Å². The summed E-state index contributed by atoms with van der Waals surface area (Å²) in [4.78, 5) is 43.1. The number of methoxy groups -OCH3 is 1. The lowest BCUT2D eigenvalue weighted by molar-refractivity contribution is -0.141. The van der Waals surface area contributed by atoms with Gasteiger partial charge in [-0.05, 0) is 62.8 Å². The molecule has 2 aromatic carbocycles. The second kappa shape index (κ2) is 12.1. The number of hydrogen-bond donors (Lipinski definition) is 4. The summed E-state index contributed by atoms with van der Waals surface area (Å²) in [6.07, 6.45) is 2.16. The van der Waals surface area contributed by atoms with Crippen LogP contribution in [0.1, 0.15) is 61.8 Å². The summed E-state index contributed by atoms with van der Waals surface area (Å²) in [5.74, 6) is -2.22. The van der Waals surface area contributed by atoms with E-state index in [2.05, 4.69) is 4.98 Å². The van der Waals surface area contributed by atoms with Crippen LogP contribution in [0.2, 0.25) is 0 Å². The van der Waals surface area contributed by atoms with Gasteiger partial charge in [0.05, 0.1) is 49.2 Å². The Balaban J connectivity index is 1.64. The fraction of sp³-hybridized carbons (Fsp3) is 0.400. The number of Topliss-reactive ketones (excluding diaryl/α,β-unsaturated/α-hetero) is 1. The smallest absolute Gasteiger partial charge is 0.375 e. The first-order valence-corrected chi connectivity index (χ1v) is 15.3. The number of esters is 1. The van der Waals surface area contributed by atoms with Gasteiger partial charge in [0, 0.05) is 41.1 Å². The molecule has 6 rings (SSSR count). The van der Waals surface area contributed by atoms with Crippen LogP contribution in [-0.4, -0.2) is 70.4 Å². The summed E-state index contributed by atoms with van der Waals surface area (Å²) in [5.41, 5.74) is 2.36. The monoisotopic (exact) mass is 631 g/mol. The predicted octanol–water partition coefficient (Wildman–Crippen LogP) is 3.66. The Kier molecular flexibility index (Phi) is 8.26. The lowest BCUT2D eigenvalue weighted by Crippen LogP contribution is -2.39. The van der Waals surface area contributed by atoms with Gasteiger partial charge < -0.3 is 39.3 Å². The molecule has 0 amide bonds. The summed E-state index contributed by atoms with van der Waals surface area (Å²) in [6.45, 7) is 3.89. The Morgan fingerprint density at radius 2 is 1.93 bits per heavy atom. The van der Waals surface area contributed by atoms with E-state index >= 15 is 0 Å². The molecule has 0 unspecified atom stereocenters. The molecule has 1 saturated carbocycles. The minimum absolute atomic E-state index is 0.0120. The minimum Gasteiger partial charge on any atom is -0.496 e. The van der Waals surface area contributed by atoms with Crippen molar-refractivity contribution in [2.24, 2.45) is 5.92 Å². The predicted molar refractivity (Wildman–Crippen MR) is 166 cm³/mol. The quantitative estimate of drug-likeness (QED) is 0.213. The van der Waals surface area contributed by atoms with E-state index in [1.165, 1.54) is 7.11 Å². The number of ketones is 1. The zero-order valence-corrected chi connectivity index (χ0v) is 26.1. The highest BCUT2D eigenvalue weighted by molar-refractivity contribution is 6.11. The molecule has 3 heterocycles. The van der Waals surface area contributed by atoms with Crippen LogP contribution in [0, 0.1) is 5.92 Å². The Morgan fingerprint density at radius 1 is 1.15 bits per heavy atom. The average molecular weight is 632 g/mol. The zero-order chi connectivity index (χ0) is 32.9. The number of carbonyl (C=O) groups excluding carboxylic acids is 3. The summed E-state index contributed by atoms with van der Waals surface area (Å²) in [5, 5.41) is 32.8. The Hall–Kier alpha value is -4.45. The highest BCUT2D eigenvalue weighted by atomic mass is 16.6. The number of aliphatic hydroxyl groups excluding tert-OH is 2. The lowest BCUT2D eigenvalue weighted by atomic mass is 9.71. The molecule has 0 saturated heterocycles. The van der Waals surface area contributed by atoms with Crippen molar-refractivity contribution in [2.75, 3.05) is 20.3 Å². The fourth-order valence-corrected chi connectivity index (χ4v) is 6.87. The van der Waals surface area contributed by atoms with Crippen molar-refractivity contribution < 1.29 is 48.7 Å². The lowest BCUT2D eigenvalue weighted by Gasteiger charge is -2.34. The number of aliphatic hydroxyl groups is 3. The third-order valence-corrected chi connectivity index (χ3v) is 9.14. The molecule has 1 fully saturated rings. The summed E-state index contributed by atoms with van der Waals surface area (Å²) < 4.78 is 23.5. The normalized spacial score (nSPS) is 22.7. The van der Waals surface area contributed by atoms with Crippen molar-refractivity contribution >= 4 is 34.5 Å². The number of allylic oxidation sites excluding steroid dienone is 3. The molecule has 4 N–H and O–H groups in total. The van der Waals surface area contributed by atoms with E-state index in [4.69, 9.17) is 18.9 Å². The van der Waals surface area contributed by atoms with Gasteiger partial charge >= 0.3 is 5.97 Å². The van der Waals surface area contributed by atoms with Gasteiger partial charge in [0.25, 0.3) is 0 Å². The van der Waals surface area contributed by atoms with Crippen molar-refractivity contribution in [3.8, 4) is 17.2 Å². The molecular formula is C35H37NO10. The molecule has 242 valence electrons.